The van der Waals surface area contributed by atoms with Crippen molar-refractivity contribution in [1.29, 1.82) is 0 Å². The van der Waals surface area contributed by atoms with Crippen molar-refractivity contribution in [3.8, 4) is 5.75 Å². The van der Waals surface area contributed by atoms with Crippen LogP contribution in [-0.2, 0) is 17.6 Å². The Hall–Kier alpha value is -1.26. The average Bonchev–Trinajstić information content (AvgIpc) is 3.10. The van der Waals surface area contributed by atoms with E-state index in [1.165, 1.54) is 17.5 Å². The normalized spacial score (nSPS) is 22.5. The highest BCUT2D eigenvalue weighted by molar-refractivity contribution is 5.85. The van der Waals surface area contributed by atoms with Crippen LogP contribution < -0.4 is 10.5 Å². The third kappa shape index (κ3) is 5.11. The second kappa shape index (κ2) is 7.96. The molecular formula is C20H31ClN2O2. The number of likely N-dealkylation sites (tertiary alicyclic amines) is 1. The number of carbonyl (C=O) groups is 1. The van der Waals surface area contributed by atoms with Crippen LogP contribution in [0.5, 0.6) is 5.75 Å². The van der Waals surface area contributed by atoms with Gasteiger partial charge in [0.1, 0.15) is 5.75 Å². The third-order valence-electron chi connectivity index (χ3n) is 5.15. The molecule has 25 heavy (non-hydrogen) atoms. The number of fused-ring (bicyclic) bond motifs is 1. The van der Waals surface area contributed by atoms with E-state index in [1.54, 1.807) is 0 Å². The lowest BCUT2D eigenvalue weighted by Crippen LogP contribution is -2.35. The minimum atomic E-state index is 0. The van der Waals surface area contributed by atoms with E-state index in [1.807, 2.05) is 11.0 Å². The Morgan fingerprint density at radius 2 is 1.96 bits per heavy atom. The molecule has 1 aromatic carbocycles. The van der Waals surface area contributed by atoms with Gasteiger partial charge in [0.25, 0.3) is 5.91 Å². The van der Waals surface area contributed by atoms with Gasteiger partial charge in [-0.2, -0.15) is 0 Å². The molecule has 4 nitrogen and oxygen atoms in total. The number of rotatable bonds is 4. The fourth-order valence-electron chi connectivity index (χ4n) is 3.98. The maximum absolute atomic E-state index is 12.5. The highest BCUT2D eigenvalue weighted by Crippen LogP contribution is 2.30. The molecule has 1 aliphatic carbocycles. The monoisotopic (exact) mass is 366 g/mol. The minimum Gasteiger partial charge on any atom is -0.484 e. The van der Waals surface area contributed by atoms with E-state index in [4.69, 9.17) is 10.5 Å². The van der Waals surface area contributed by atoms with Crippen LogP contribution in [-0.4, -0.2) is 36.5 Å². The molecule has 1 saturated heterocycles. The van der Waals surface area contributed by atoms with Gasteiger partial charge in [0.2, 0.25) is 0 Å². The van der Waals surface area contributed by atoms with Crippen LogP contribution in [0.4, 0.5) is 0 Å². The lowest BCUT2D eigenvalue weighted by Gasteiger charge is -2.24. The summed E-state index contributed by atoms with van der Waals surface area (Å²) in [5.41, 5.74) is 9.28. The summed E-state index contributed by atoms with van der Waals surface area (Å²) in [5, 5.41) is 0. The van der Waals surface area contributed by atoms with Gasteiger partial charge in [-0.05, 0) is 60.3 Å². The summed E-state index contributed by atoms with van der Waals surface area (Å²) in [4.78, 5) is 14.3. The van der Waals surface area contributed by atoms with Crippen LogP contribution in [0, 0.1) is 11.3 Å². The number of hydrogen-bond donors (Lipinski definition) is 1. The Balaban J connectivity index is 0.00000225. The lowest BCUT2D eigenvalue weighted by atomic mass is 9.83. The summed E-state index contributed by atoms with van der Waals surface area (Å²) >= 11 is 0. The zero-order valence-corrected chi connectivity index (χ0v) is 16.4. The number of ether oxygens (including phenoxy) is 1. The fraction of sp³-hybridized carbons (Fsp3) is 0.650. The molecule has 1 amide bonds. The maximum atomic E-state index is 12.5. The molecular weight excluding hydrogens is 336 g/mol. The van der Waals surface area contributed by atoms with Crippen molar-refractivity contribution in [3.63, 3.8) is 0 Å². The number of benzene rings is 1. The topological polar surface area (TPSA) is 55.6 Å². The van der Waals surface area contributed by atoms with Crippen molar-refractivity contribution in [2.24, 2.45) is 17.1 Å². The van der Waals surface area contributed by atoms with Gasteiger partial charge in [-0.1, -0.05) is 26.8 Å². The van der Waals surface area contributed by atoms with Crippen LogP contribution in [0.25, 0.3) is 0 Å². The van der Waals surface area contributed by atoms with Gasteiger partial charge in [0.15, 0.2) is 6.61 Å². The number of nitrogens with two attached hydrogens (primary N) is 1. The van der Waals surface area contributed by atoms with Crippen molar-refractivity contribution in [2.75, 3.05) is 19.7 Å². The van der Waals surface area contributed by atoms with Gasteiger partial charge in [-0.15, -0.1) is 12.4 Å². The first kappa shape index (κ1) is 20.1. The number of hydrogen-bond acceptors (Lipinski definition) is 3. The first-order valence-electron chi connectivity index (χ1n) is 9.10. The summed E-state index contributed by atoms with van der Waals surface area (Å²) in [5.74, 6) is 1.23. The molecule has 1 heterocycles. The smallest absolute Gasteiger partial charge is 0.260 e. The van der Waals surface area contributed by atoms with Gasteiger partial charge in [-0.3, -0.25) is 4.79 Å². The van der Waals surface area contributed by atoms with Crippen LogP contribution >= 0.6 is 12.4 Å². The molecule has 0 saturated carbocycles. The lowest BCUT2D eigenvalue weighted by molar-refractivity contribution is -0.132. The van der Waals surface area contributed by atoms with Crippen LogP contribution in [0.15, 0.2) is 18.2 Å². The summed E-state index contributed by atoms with van der Waals surface area (Å²) in [6.07, 6.45) is 4.55. The van der Waals surface area contributed by atoms with E-state index < -0.39 is 0 Å². The summed E-state index contributed by atoms with van der Waals surface area (Å²) < 4.78 is 5.74. The average molecular weight is 367 g/mol. The summed E-state index contributed by atoms with van der Waals surface area (Å²) in [7, 11) is 0. The molecule has 1 aliphatic heterocycles. The van der Waals surface area contributed by atoms with Crippen molar-refractivity contribution in [2.45, 2.75) is 52.5 Å². The first-order valence-corrected chi connectivity index (χ1v) is 9.10. The highest BCUT2D eigenvalue weighted by Gasteiger charge is 2.35. The van der Waals surface area contributed by atoms with E-state index in [-0.39, 0.29) is 36.4 Å². The zero-order chi connectivity index (χ0) is 17.3. The Morgan fingerprint density at radius 3 is 2.68 bits per heavy atom. The summed E-state index contributed by atoms with van der Waals surface area (Å²) in [6, 6.07) is 6.28. The predicted molar refractivity (Wildman–Crippen MR) is 103 cm³/mol. The molecule has 2 N–H and O–H groups in total. The van der Waals surface area contributed by atoms with Crippen LogP contribution in [0.2, 0.25) is 0 Å². The third-order valence-corrected chi connectivity index (χ3v) is 5.15. The molecule has 1 fully saturated rings. The largest absolute Gasteiger partial charge is 0.484 e. The molecule has 5 heteroatoms. The van der Waals surface area contributed by atoms with E-state index in [9.17, 15) is 4.79 Å². The molecule has 140 valence electrons. The van der Waals surface area contributed by atoms with Crippen molar-refractivity contribution >= 4 is 18.3 Å². The maximum Gasteiger partial charge on any atom is 0.260 e. The van der Waals surface area contributed by atoms with Crippen molar-refractivity contribution in [1.82, 2.24) is 4.90 Å². The van der Waals surface area contributed by atoms with Gasteiger partial charge < -0.3 is 15.4 Å². The molecule has 0 bridgehead atoms. The second-order valence-electron chi connectivity index (χ2n) is 8.56. The van der Waals surface area contributed by atoms with Crippen molar-refractivity contribution in [3.05, 3.63) is 29.3 Å². The molecule has 0 radical (unpaired) electrons. The molecule has 1 aromatic rings. The predicted octanol–water partition coefficient (Wildman–Crippen LogP) is 3.20. The Kier molecular flexibility index (Phi) is 6.39. The second-order valence-corrected chi connectivity index (χ2v) is 8.56. The number of halogens is 1. The molecule has 0 unspecified atom stereocenters. The Bertz CT molecular complexity index is 612. The molecule has 2 atom stereocenters. The van der Waals surface area contributed by atoms with E-state index in [0.29, 0.717) is 12.5 Å². The van der Waals surface area contributed by atoms with Crippen LogP contribution in [0.3, 0.4) is 0 Å². The van der Waals surface area contributed by atoms with Crippen molar-refractivity contribution < 1.29 is 9.53 Å². The van der Waals surface area contributed by atoms with E-state index in [2.05, 4.69) is 32.9 Å². The Morgan fingerprint density at radius 1 is 1.24 bits per heavy atom. The van der Waals surface area contributed by atoms with Gasteiger partial charge in [0.05, 0.1) is 0 Å². The quantitative estimate of drug-likeness (QED) is 0.890. The summed E-state index contributed by atoms with van der Waals surface area (Å²) in [6.45, 7) is 8.18. The Labute approximate surface area is 157 Å². The van der Waals surface area contributed by atoms with Crippen LogP contribution in [0.1, 0.15) is 44.7 Å². The number of amides is 1. The van der Waals surface area contributed by atoms with Gasteiger partial charge in [0, 0.05) is 19.1 Å². The SMILES string of the molecule is CC(C)(C)C[C@@H]1CN(C(=O)COc2ccc3c(c2)CCC3)C[C@H]1N.Cl. The molecule has 2 aliphatic rings. The number of aryl methyl sites for hydroxylation is 2. The van der Waals surface area contributed by atoms with E-state index in [0.717, 1.165) is 31.6 Å². The first-order chi connectivity index (χ1) is 11.3. The van der Waals surface area contributed by atoms with Gasteiger partial charge in [-0.25, -0.2) is 0 Å². The zero-order valence-electron chi connectivity index (χ0n) is 15.6. The molecule has 3 rings (SSSR count). The number of nitrogens with zero attached hydrogens (tertiary/aromatic N) is 1. The highest BCUT2D eigenvalue weighted by atomic mass is 35.5. The molecule has 0 aromatic heterocycles. The standard InChI is InChI=1S/C20H30N2O2.ClH/c1-20(2,3)10-16-11-22(12-18(16)21)19(23)13-24-17-8-7-14-5-4-6-15(14)9-17;/h7-9,16,18H,4-6,10-13,21H2,1-3H3;1H/t16-,18-;/m1./s1. The minimum absolute atomic E-state index is 0. The number of carbonyl (C=O) groups excluding carboxylic acids is 1. The van der Waals surface area contributed by atoms with E-state index >= 15 is 0 Å². The van der Waals surface area contributed by atoms with Gasteiger partial charge >= 0.3 is 0 Å². The molecule has 0 spiro atoms. The fourth-order valence-corrected chi connectivity index (χ4v) is 3.98.